The number of aromatic nitrogens is 2. The third-order valence-electron chi connectivity index (χ3n) is 4.87. The Morgan fingerprint density at radius 2 is 1.81 bits per heavy atom. The van der Waals surface area contributed by atoms with E-state index < -0.39 is 0 Å². The molecule has 0 bridgehead atoms. The quantitative estimate of drug-likeness (QED) is 0.604. The van der Waals surface area contributed by atoms with Crippen LogP contribution in [0.4, 0.5) is 0 Å². The van der Waals surface area contributed by atoms with Gasteiger partial charge in [0.25, 0.3) is 5.56 Å². The van der Waals surface area contributed by atoms with Crippen molar-refractivity contribution in [3.63, 3.8) is 0 Å². The summed E-state index contributed by atoms with van der Waals surface area (Å²) in [5.41, 5.74) is 3.71. The monoisotopic (exact) mass is 364 g/mol. The van der Waals surface area contributed by atoms with Crippen molar-refractivity contribution >= 4 is 5.78 Å². The molecule has 0 radical (unpaired) electrons. The molecule has 0 amide bonds. The number of rotatable bonds is 7. The second-order valence-corrected chi connectivity index (χ2v) is 6.62. The fourth-order valence-electron chi connectivity index (χ4n) is 3.29. The molecule has 0 spiro atoms. The lowest BCUT2D eigenvalue weighted by Crippen LogP contribution is -2.22. The Balaban J connectivity index is 1.74. The van der Waals surface area contributed by atoms with Gasteiger partial charge in [-0.3, -0.25) is 9.59 Å². The Bertz CT molecular complexity index is 997. The molecule has 0 atom stereocenters. The van der Waals surface area contributed by atoms with Crippen LogP contribution in [0.1, 0.15) is 27.3 Å². The molecule has 0 N–H and O–H groups in total. The Kier molecular flexibility index (Phi) is 5.60. The molecular formula is C22H24N2O3. The van der Waals surface area contributed by atoms with Gasteiger partial charge in [-0.25, -0.2) is 0 Å². The van der Waals surface area contributed by atoms with Gasteiger partial charge in [-0.2, -0.15) is 0 Å². The van der Waals surface area contributed by atoms with Gasteiger partial charge >= 0.3 is 0 Å². The van der Waals surface area contributed by atoms with E-state index in [9.17, 15) is 9.59 Å². The number of aryl methyl sites for hydroxylation is 2. The Hall–Kier alpha value is -3.08. The summed E-state index contributed by atoms with van der Waals surface area (Å²) < 4.78 is 8.78. The first-order chi connectivity index (χ1) is 13.0. The summed E-state index contributed by atoms with van der Waals surface area (Å²) in [6.07, 6.45) is 2.51. The van der Waals surface area contributed by atoms with Crippen LogP contribution >= 0.6 is 0 Å². The molecule has 1 aromatic carbocycles. The highest BCUT2D eigenvalue weighted by atomic mass is 16.5. The minimum atomic E-state index is -0.167. The van der Waals surface area contributed by atoms with Crippen molar-refractivity contribution in [2.45, 2.75) is 33.4 Å². The van der Waals surface area contributed by atoms with Crippen molar-refractivity contribution in [2.75, 3.05) is 7.11 Å². The maximum absolute atomic E-state index is 12.7. The molecule has 0 saturated carbocycles. The number of hydrogen-bond acceptors (Lipinski definition) is 3. The largest absolute Gasteiger partial charge is 0.497 e. The van der Waals surface area contributed by atoms with Gasteiger partial charge in [0.15, 0.2) is 5.78 Å². The minimum Gasteiger partial charge on any atom is -0.497 e. The van der Waals surface area contributed by atoms with Crippen LogP contribution in [0.5, 0.6) is 5.75 Å². The number of methoxy groups -OCH3 is 1. The van der Waals surface area contributed by atoms with E-state index in [-0.39, 0.29) is 17.9 Å². The summed E-state index contributed by atoms with van der Waals surface area (Å²) in [7, 11) is 1.66. The fraction of sp³-hybridized carbons (Fsp3) is 0.273. The summed E-state index contributed by atoms with van der Waals surface area (Å²) in [6, 6.07) is 14.8. The maximum Gasteiger partial charge on any atom is 0.250 e. The minimum absolute atomic E-state index is 0.0490. The number of ketones is 1. The van der Waals surface area contributed by atoms with Crippen LogP contribution in [-0.2, 0) is 19.5 Å². The van der Waals surface area contributed by atoms with Crippen LogP contribution in [0.15, 0.2) is 59.5 Å². The SMILES string of the molecule is COc1ccc(CCn2c(C)cc(C(=O)Cn3ccccc3=O)c2C)cc1. The smallest absolute Gasteiger partial charge is 0.250 e. The Labute approximate surface area is 158 Å². The first-order valence-corrected chi connectivity index (χ1v) is 8.98. The molecule has 5 nitrogen and oxygen atoms in total. The highest BCUT2D eigenvalue weighted by Crippen LogP contribution is 2.18. The topological polar surface area (TPSA) is 53.2 Å². The number of hydrogen-bond donors (Lipinski definition) is 0. The van der Waals surface area contributed by atoms with Crippen molar-refractivity contribution in [2.24, 2.45) is 0 Å². The van der Waals surface area contributed by atoms with E-state index >= 15 is 0 Å². The third kappa shape index (κ3) is 4.19. The molecule has 27 heavy (non-hydrogen) atoms. The predicted molar refractivity (Wildman–Crippen MR) is 106 cm³/mol. The number of nitrogens with zero attached hydrogens (tertiary/aromatic N) is 2. The molecule has 140 valence electrons. The Morgan fingerprint density at radius 3 is 2.48 bits per heavy atom. The molecule has 2 heterocycles. The maximum atomic E-state index is 12.7. The van der Waals surface area contributed by atoms with Crippen molar-refractivity contribution < 1.29 is 9.53 Å². The van der Waals surface area contributed by atoms with E-state index in [0.717, 1.165) is 30.1 Å². The highest BCUT2D eigenvalue weighted by Gasteiger charge is 2.16. The van der Waals surface area contributed by atoms with E-state index in [1.807, 2.05) is 32.0 Å². The third-order valence-corrected chi connectivity index (χ3v) is 4.87. The lowest BCUT2D eigenvalue weighted by Gasteiger charge is -2.10. The van der Waals surface area contributed by atoms with Gasteiger partial charge in [0.1, 0.15) is 5.75 Å². The van der Waals surface area contributed by atoms with E-state index in [1.165, 1.54) is 16.2 Å². The van der Waals surface area contributed by atoms with Crippen LogP contribution < -0.4 is 10.3 Å². The predicted octanol–water partition coefficient (Wildman–Crippen LogP) is 3.40. The molecular weight excluding hydrogens is 340 g/mol. The van der Waals surface area contributed by atoms with Crippen molar-refractivity contribution in [3.05, 3.63) is 87.6 Å². The van der Waals surface area contributed by atoms with Gasteiger partial charge in [0.2, 0.25) is 0 Å². The molecule has 0 aliphatic carbocycles. The second kappa shape index (κ2) is 8.08. The van der Waals surface area contributed by atoms with Crippen molar-refractivity contribution in [1.82, 2.24) is 9.13 Å². The standard InChI is InChI=1S/C22H24N2O3/c1-16-14-20(21(25)15-23-12-5-4-6-22(23)26)17(2)24(16)13-11-18-7-9-19(27-3)10-8-18/h4-10,12,14H,11,13,15H2,1-3H3. The summed E-state index contributed by atoms with van der Waals surface area (Å²) in [6.45, 7) is 4.82. The zero-order valence-electron chi connectivity index (χ0n) is 15.9. The normalized spacial score (nSPS) is 10.8. The number of carbonyl (C=O) groups is 1. The molecule has 0 fully saturated rings. The van der Waals surface area contributed by atoms with E-state index in [1.54, 1.807) is 25.4 Å². The van der Waals surface area contributed by atoms with E-state index in [2.05, 4.69) is 16.7 Å². The van der Waals surface area contributed by atoms with Gasteiger partial charge in [0.05, 0.1) is 13.7 Å². The van der Waals surface area contributed by atoms with Gasteiger partial charge in [0, 0.05) is 35.8 Å². The molecule has 0 saturated heterocycles. The summed E-state index contributed by atoms with van der Waals surface area (Å²) >= 11 is 0. The second-order valence-electron chi connectivity index (χ2n) is 6.62. The number of carbonyl (C=O) groups excluding carboxylic acids is 1. The van der Waals surface area contributed by atoms with Crippen LogP contribution in [0, 0.1) is 13.8 Å². The van der Waals surface area contributed by atoms with Crippen LogP contribution in [-0.4, -0.2) is 22.0 Å². The molecule has 5 heteroatoms. The fourth-order valence-corrected chi connectivity index (χ4v) is 3.29. The van der Waals surface area contributed by atoms with Crippen LogP contribution in [0.25, 0.3) is 0 Å². The number of benzene rings is 1. The Morgan fingerprint density at radius 1 is 1.07 bits per heavy atom. The van der Waals surface area contributed by atoms with Gasteiger partial charge in [-0.1, -0.05) is 18.2 Å². The first kappa shape index (κ1) is 18.7. The first-order valence-electron chi connectivity index (χ1n) is 8.98. The summed E-state index contributed by atoms with van der Waals surface area (Å²) in [5.74, 6) is 0.795. The van der Waals surface area contributed by atoms with Crippen molar-refractivity contribution in [1.29, 1.82) is 0 Å². The molecule has 0 aliphatic heterocycles. The molecule has 3 aromatic rings. The highest BCUT2D eigenvalue weighted by molar-refractivity contribution is 5.97. The molecule has 3 rings (SSSR count). The zero-order valence-corrected chi connectivity index (χ0v) is 15.9. The summed E-state index contributed by atoms with van der Waals surface area (Å²) in [4.78, 5) is 24.6. The zero-order chi connectivity index (χ0) is 19.4. The lowest BCUT2D eigenvalue weighted by molar-refractivity contribution is 0.0970. The number of Topliss-reactive ketones (excluding diaryl/α,β-unsaturated/α-hetero) is 1. The van der Waals surface area contributed by atoms with Crippen molar-refractivity contribution in [3.8, 4) is 5.75 Å². The lowest BCUT2D eigenvalue weighted by atomic mass is 10.1. The van der Waals surface area contributed by atoms with Gasteiger partial charge < -0.3 is 13.9 Å². The van der Waals surface area contributed by atoms with E-state index in [4.69, 9.17) is 4.74 Å². The van der Waals surface area contributed by atoms with Gasteiger partial charge in [-0.15, -0.1) is 0 Å². The average molecular weight is 364 g/mol. The molecule has 0 aliphatic rings. The van der Waals surface area contributed by atoms with Gasteiger partial charge in [-0.05, 0) is 50.1 Å². The average Bonchev–Trinajstić information content (AvgIpc) is 2.96. The van der Waals surface area contributed by atoms with Crippen LogP contribution in [0.2, 0.25) is 0 Å². The number of ether oxygens (including phenoxy) is 1. The van der Waals surface area contributed by atoms with Crippen LogP contribution in [0.3, 0.4) is 0 Å². The number of pyridine rings is 1. The van der Waals surface area contributed by atoms with E-state index in [0.29, 0.717) is 5.56 Å². The molecule has 0 unspecified atom stereocenters. The molecule has 2 aromatic heterocycles. The summed E-state index contributed by atoms with van der Waals surface area (Å²) in [5, 5.41) is 0.